The van der Waals surface area contributed by atoms with E-state index >= 15 is 0 Å². The first-order valence-corrected chi connectivity index (χ1v) is 14.9. The van der Waals surface area contributed by atoms with E-state index in [0.717, 1.165) is 12.8 Å². The SMILES string of the molecule is CCCCCCCCCCCCCCCCOc1c(OC)cc2oc(-c3ccc(O)c(O)c3)cc(=O)c2c1OC. The summed E-state index contributed by atoms with van der Waals surface area (Å²) in [5, 5.41) is 19.7. The van der Waals surface area contributed by atoms with Crippen LogP contribution in [0.4, 0.5) is 0 Å². The Labute approximate surface area is 238 Å². The smallest absolute Gasteiger partial charge is 0.204 e. The Kier molecular flexibility index (Phi) is 13.0. The van der Waals surface area contributed by atoms with E-state index in [1.165, 1.54) is 109 Å². The lowest BCUT2D eigenvalue weighted by Gasteiger charge is -2.16. The topological polar surface area (TPSA) is 98.4 Å². The zero-order valence-electron chi connectivity index (χ0n) is 24.4. The number of unbranched alkanes of at least 4 members (excludes halogenated alkanes) is 13. The van der Waals surface area contributed by atoms with Crippen molar-refractivity contribution < 1.29 is 28.8 Å². The molecule has 0 amide bonds. The van der Waals surface area contributed by atoms with Gasteiger partial charge < -0.3 is 28.8 Å². The van der Waals surface area contributed by atoms with Crippen LogP contribution in [0, 0.1) is 0 Å². The minimum Gasteiger partial charge on any atom is -0.504 e. The van der Waals surface area contributed by atoms with Crippen molar-refractivity contribution in [3.8, 4) is 40.1 Å². The van der Waals surface area contributed by atoms with Crippen molar-refractivity contribution in [3.05, 3.63) is 40.6 Å². The summed E-state index contributed by atoms with van der Waals surface area (Å²) in [5.41, 5.74) is 0.405. The number of benzene rings is 2. The molecule has 3 rings (SSSR count). The van der Waals surface area contributed by atoms with Crippen LogP contribution < -0.4 is 19.6 Å². The highest BCUT2D eigenvalue weighted by atomic mass is 16.5. The predicted molar refractivity (Wildman–Crippen MR) is 160 cm³/mol. The minimum atomic E-state index is -0.315. The van der Waals surface area contributed by atoms with E-state index in [2.05, 4.69) is 6.92 Å². The van der Waals surface area contributed by atoms with Crippen molar-refractivity contribution in [1.29, 1.82) is 0 Å². The van der Waals surface area contributed by atoms with Gasteiger partial charge in [0.1, 0.15) is 16.7 Å². The summed E-state index contributed by atoms with van der Waals surface area (Å²) in [7, 11) is 3.01. The van der Waals surface area contributed by atoms with Crippen molar-refractivity contribution in [2.45, 2.75) is 96.8 Å². The Morgan fingerprint density at radius 1 is 0.700 bits per heavy atom. The summed E-state index contributed by atoms with van der Waals surface area (Å²) in [6.45, 7) is 2.76. The van der Waals surface area contributed by atoms with E-state index in [1.807, 2.05) is 0 Å². The average molecular weight is 555 g/mol. The first-order valence-electron chi connectivity index (χ1n) is 14.9. The summed E-state index contributed by atoms with van der Waals surface area (Å²) < 4.78 is 23.2. The van der Waals surface area contributed by atoms with Gasteiger partial charge in [-0.3, -0.25) is 4.79 Å². The predicted octanol–water partition coefficient (Wildman–Crippen LogP) is 8.75. The molecule has 0 aliphatic heterocycles. The number of phenols is 2. The van der Waals surface area contributed by atoms with Crippen molar-refractivity contribution in [2.24, 2.45) is 0 Å². The van der Waals surface area contributed by atoms with Gasteiger partial charge in [0.25, 0.3) is 0 Å². The Hall–Kier alpha value is -3.35. The standard InChI is InChI=1S/C33H46O7/c1-4-5-6-7-8-9-10-11-12-13-14-15-16-17-20-39-32-30(37-2)23-29-31(33(32)38-3)27(36)22-28(40-29)24-18-19-25(34)26(35)21-24/h18-19,21-23,34-35H,4-17,20H2,1-3H3. The highest BCUT2D eigenvalue weighted by Crippen LogP contribution is 2.43. The molecule has 0 spiro atoms. The molecule has 40 heavy (non-hydrogen) atoms. The van der Waals surface area contributed by atoms with Gasteiger partial charge >= 0.3 is 0 Å². The van der Waals surface area contributed by atoms with E-state index in [9.17, 15) is 15.0 Å². The second kappa shape index (κ2) is 16.7. The van der Waals surface area contributed by atoms with E-state index in [1.54, 1.807) is 12.1 Å². The number of ether oxygens (including phenoxy) is 3. The normalized spacial score (nSPS) is 11.2. The molecule has 7 nitrogen and oxygen atoms in total. The Morgan fingerprint density at radius 2 is 1.30 bits per heavy atom. The zero-order chi connectivity index (χ0) is 28.7. The number of rotatable bonds is 19. The fraction of sp³-hybridized carbons (Fsp3) is 0.545. The highest BCUT2D eigenvalue weighted by molar-refractivity contribution is 5.90. The van der Waals surface area contributed by atoms with E-state index < -0.39 is 0 Å². The zero-order valence-corrected chi connectivity index (χ0v) is 24.4. The second-order valence-corrected chi connectivity index (χ2v) is 10.4. The Morgan fingerprint density at radius 3 is 1.85 bits per heavy atom. The van der Waals surface area contributed by atoms with E-state index in [-0.39, 0.29) is 39.4 Å². The van der Waals surface area contributed by atoms with Crippen molar-refractivity contribution in [3.63, 3.8) is 0 Å². The summed E-state index contributed by atoms with van der Waals surface area (Å²) in [5.74, 6) is 0.748. The molecule has 2 aromatic carbocycles. The van der Waals surface area contributed by atoms with E-state index in [4.69, 9.17) is 18.6 Å². The van der Waals surface area contributed by atoms with Gasteiger partial charge in [0.2, 0.25) is 5.75 Å². The summed E-state index contributed by atoms with van der Waals surface area (Å²) in [6.07, 6.45) is 18.0. The molecule has 0 aliphatic carbocycles. The molecule has 0 saturated heterocycles. The number of methoxy groups -OCH3 is 2. The molecule has 0 fully saturated rings. The lowest BCUT2D eigenvalue weighted by molar-refractivity contribution is 0.268. The van der Waals surface area contributed by atoms with Crippen LogP contribution in [0.2, 0.25) is 0 Å². The molecule has 2 N–H and O–H groups in total. The summed E-state index contributed by atoms with van der Waals surface area (Å²) in [6, 6.07) is 7.18. The number of fused-ring (bicyclic) bond motifs is 1. The molecule has 0 atom stereocenters. The molecule has 0 aliphatic rings. The van der Waals surface area contributed by atoms with Gasteiger partial charge in [-0.15, -0.1) is 0 Å². The van der Waals surface area contributed by atoms with Crippen LogP contribution in [0.15, 0.2) is 39.5 Å². The number of hydrogen-bond donors (Lipinski definition) is 2. The number of aromatic hydroxyl groups is 2. The van der Waals surface area contributed by atoms with Gasteiger partial charge in [0.05, 0.1) is 20.8 Å². The van der Waals surface area contributed by atoms with Crippen LogP contribution >= 0.6 is 0 Å². The molecule has 1 aromatic heterocycles. The van der Waals surface area contributed by atoms with Crippen LogP contribution in [0.5, 0.6) is 28.7 Å². The molecule has 3 aromatic rings. The fourth-order valence-corrected chi connectivity index (χ4v) is 5.02. The molecule has 0 unspecified atom stereocenters. The molecular weight excluding hydrogens is 508 g/mol. The molecule has 7 heteroatoms. The average Bonchev–Trinajstić information content (AvgIpc) is 2.95. The fourth-order valence-electron chi connectivity index (χ4n) is 5.02. The van der Waals surface area contributed by atoms with Gasteiger partial charge in [0.15, 0.2) is 28.4 Å². The maximum absolute atomic E-state index is 13.1. The molecule has 1 heterocycles. The van der Waals surface area contributed by atoms with Gasteiger partial charge in [-0.25, -0.2) is 0 Å². The largest absolute Gasteiger partial charge is 0.504 e. The molecule has 0 radical (unpaired) electrons. The summed E-state index contributed by atoms with van der Waals surface area (Å²) >= 11 is 0. The van der Waals surface area contributed by atoms with Gasteiger partial charge in [-0.2, -0.15) is 0 Å². The van der Waals surface area contributed by atoms with Crippen LogP contribution in [0.25, 0.3) is 22.3 Å². The third kappa shape index (κ3) is 8.83. The third-order valence-corrected chi connectivity index (χ3v) is 7.32. The summed E-state index contributed by atoms with van der Waals surface area (Å²) in [4.78, 5) is 13.1. The van der Waals surface area contributed by atoms with Crippen molar-refractivity contribution in [2.75, 3.05) is 20.8 Å². The molecule has 0 saturated carbocycles. The van der Waals surface area contributed by atoms with Gasteiger partial charge in [0, 0.05) is 17.7 Å². The lowest BCUT2D eigenvalue weighted by atomic mass is 10.0. The van der Waals surface area contributed by atoms with Crippen LogP contribution in [0.1, 0.15) is 96.8 Å². The second-order valence-electron chi connectivity index (χ2n) is 10.4. The van der Waals surface area contributed by atoms with Gasteiger partial charge in [-0.1, -0.05) is 90.4 Å². The Bertz CT molecular complexity index is 1250. The monoisotopic (exact) mass is 554 g/mol. The highest BCUT2D eigenvalue weighted by Gasteiger charge is 2.21. The molecular formula is C33H46O7. The first kappa shape index (κ1) is 31.2. The lowest BCUT2D eigenvalue weighted by Crippen LogP contribution is -2.07. The minimum absolute atomic E-state index is 0.244. The quantitative estimate of drug-likeness (QED) is 0.113. The van der Waals surface area contributed by atoms with Crippen molar-refractivity contribution >= 4 is 11.0 Å². The van der Waals surface area contributed by atoms with Crippen LogP contribution in [0.3, 0.4) is 0 Å². The number of hydrogen-bond acceptors (Lipinski definition) is 7. The maximum atomic E-state index is 13.1. The van der Waals surface area contributed by atoms with Crippen LogP contribution in [-0.4, -0.2) is 31.0 Å². The van der Waals surface area contributed by atoms with Gasteiger partial charge in [-0.05, 0) is 24.6 Å². The third-order valence-electron chi connectivity index (χ3n) is 7.32. The van der Waals surface area contributed by atoms with Crippen molar-refractivity contribution in [1.82, 2.24) is 0 Å². The number of phenolic OH excluding ortho intramolecular Hbond substituents is 2. The molecule has 0 bridgehead atoms. The maximum Gasteiger partial charge on any atom is 0.204 e. The Balaban J connectivity index is 1.50. The first-order chi connectivity index (χ1) is 19.5. The van der Waals surface area contributed by atoms with E-state index in [0.29, 0.717) is 23.7 Å². The molecule has 220 valence electrons. The van der Waals surface area contributed by atoms with Crippen LogP contribution in [-0.2, 0) is 0 Å².